The minimum atomic E-state index is -0.220. The molecule has 78 valence electrons. The van der Waals surface area contributed by atoms with Crippen LogP contribution in [0.5, 0.6) is 5.88 Å². The van der Waals surface area contributed by atoms with Gasteiger partial charge in [-0.05, 0) is 28.9 Å². The van der Waals surface area contributed by atoms with Gasteiger partial charge in [-0.3, -0.25) is 4.79 Å². The summed E-state index contributed by atoms with van der Waals surface area (Å²) in [5.74, 6) is 1.01. The Hall–Kier alpha value is -1.43. The van der Waals surface area contributed by atoms with Crippen molar-refractivity contribution < 1.29 is 4.74 Å². The molecule has 0 atom stereocenters. The number of hydrogen-bond acceptors (Lipinski definition) is 4. The van der Waals surface area contributed by atoms with Crippen LogP contribution in [0.2, 0.25) is 0 Å². The highest BCUT2D eigenvalue weighted by Crippen LogP contribution is 2.21. The van der Waals surface area contributed by atoms with Crippen molar-refractivity contribution in [2.24, 2.45) is 0 Å². The molecule has 0 amide bonds. The molecule has 6 heteroatoms. The van der Waals surface area contributed by atoms with E-state index in [1.165, 1.54) is 7.11 Å². The Morgan fingerprint density at radius 1 is 1.47 bits per heavy atom. The summed E-state index contributed by atoms with van der Waals surface area (Å²) in [7, 11) is 1.53. The molecule has 0 aliphatic rings. The molecule has 0 aromatic carbocycles. The highest BCUT2D eigenvalue weighted by atomic mass is 79.9. The third-order valence-corrected chi connectivity index (χ3v) is 2.52. The maximum absolute atomic E-state index is 11.3. The van der Waals surface area contributed by atoms with E-state index in [1.807, 2.05) is 0 Å². The number of nitrogens with one attached hydrogen (secondary N) is 1. The number of halogens is 1. The van der Waals surface area contributed by atoms with Gasteiger partial charge in [0.1, 0.15) is 11.5 Å². The number of aryl methyl sites for hydroxylation is 1. The van der Waals surface area contributed by atoms with E-state index >= 15 is 0 Å². The standard InChI is InChI=1S/C9H8BrN3O2/c1-4-11-7-5(9(12-4)15-2)3-6(10)8(14)13-7/h3H,1-2H3,(H,11,12,13,14). The molecule has 0 saturated heterocycles. The number of fused-ring (bicyclic) bond motifs is 1. The van der Waals surface area contributed by atoms with Crippen LogP contribution in [0, 0.1) is 6.92 Å². The van der Waals surface area contributed by atoms with Crippen LogP contribution in [0.4, 0.5) is 0 Å². The third kappa shape index (κ3) is 1.72. The first-order valence-electron chi connectivity index (χ1n) is 4.23. The largest absolute Gasteiger partial charge is 0.480 e. The molecule has 5 nitrogen and oxygen atoms in total. The number of methoxy groups -OCH3 is 1. The van der Waals surface area contributed by atoms with Gasteiger partial charge in [0.05, 0.1) is 17.0 Å². The summed E-state index contributed by atoms with van der Waals surface area (Å²) in [6.45, 7) is 1.74. The zero-order chi connectivity index (χ0) is 11.0. The van der Waals surface area contributed by atoms with Gasteiger partial charge in [0.2, 0.25) is 5.88 Å². The van der Waals surface area contributed by atoms with E-state index in [0.29, 0.717) is 27.2 Å². The molecule has 2 aromatic heterocycles. The van der Waals surface area contributed by atoms with Crippen molar-refractivity contribution in [1.29, 1.82) is 0 Å². The summed E-state index contributed by atoms with van der Waals surface area (Å²) in [6, 6.07) is 1.65. The van der Waals surface area contributed by atoms with Crippen molar-refractivity contribution in [3.63, 3.8) is 0 Å². The van der Waals surface area contributed by atoms with Gasteiger partial charge in [-0.2, -0.15) is 4.98 Å². The lowest BCUT2D eigenvalue weighted by molar-refractivity contribution is 0.401. The maximum Gasteiger partial charge on any atom is 0.263 e. The predicted molar refractivity (Wildman–Crippen MR) is 59.1 cm³/mol. The molecule has 0 radical (unpaired) electrons. The number of ether oxygens (including phenoxy) is 1. The van der Waals surface area contributed by atoms with Crippen molar-refractivity contribution in [2.75, 3.05) is 7.11 Å². The number of pyridine rings is 1. The SMILES string of the molecule is COc1nc(C)nc2[nH]c(=O)c(Br)cc12. The average Bonchev–Trinajstić information content (AvgIpc) is 2.19. The molecule has 0 aliphatic heterocycles. The smallest absolute Gasteiger partial charge is 0.263 e. The van der Waals surface area contributed by atoms with Gasteiger partial charge >= 0.3 is 0 Å². The molecule has 0 saturated carbocycles. The monoisotopic (exact) mass is 269 g/mol. The maximum atomic E-state index is 11.3. The van der Waals surface area contributed by atoms with Crippen LogP contribution in [0.15, 0.2) is 15.3 Å². The molecule has 0 spiro atoms. The molecule has 2 heterocycles. The van der Waals surface area contributed by atoms with E-state index < -0.39 is 0 Å². The lowest BCUT2D eigenvalue weighted by atomic mass is 10.3. The summed E-state index contributed by atoms with van der Waals surface area (Å²) in [5.41, 5.74) is 0.259. The lowest BCUT2D eigenvalue weighted by Gasteiger charge is -2.04. The zero-order valence-electron chi connectivity index (χ0n) is 8.17. The number of nitrogens with zero attached hydrogens (tertiary/aromatic N) is 2. The van der Waals surface area contributed by atoms with Gasteiger partial charge in [-0.25, -0.2) is 4.98 Å². The fourth-order valence-corrected chi connectivity index (χ4v) is 1.62. The van der Waals surface area contributed by atoms with E-state index in [-0.39, 0.29) is 5.56 Å². The number of aromatic nitrogens is 3. The second-order valence-corrected chi connectivity index (χ2v) is 3.84. The van der Waals surface area contributed by atoms with Gasteiger partial charge in [0.15, 0.2) is 0 Å². The molecule has 0 unspecified atom stereocenters. The normalized spacial score (nSPS) is 10.6. The fraction of sp³-hybridized carbons (Fsp3) is 0.222. The molecule has 0 aliphatic carbocycles. The van der Waals surface area contributed by atoms with Crippen LogP contribution in [0.3, 0.4) is 0 Å². The van der Waals surface area contributed by atoms with E-state index in [4.69, 9.17) is 4.74 Å². The first kappa shape index (κ1) is 10.1. The van der Waals surface area contributed by atoms with Crippen LogP contribution < -0.4 is 10.3 Å². The summed E-state index contributed by atoms with van der Waals surface area (Å²) >= 11 is 3.14. The average molecular weight is 270 g/mol. The van der Waals surface area contributed by atoms with E-state index in [1.54, 1.807) is 13.0 Å². The minimum Gasteiger partial charge on any atom is -0.480 e. The van der Waals surface area contributed by atoms with Gasteiger partial charge < -0.3 is 9.72 Å². The van der Waals surface area contributed by atoms with Gasteiger partial charge in [-0.1, -0.05) is 0 Å². The van der Waals surface area contributed by atoms with Crippen molar-refractivity contribution in [1.82, 2.24) is 15.0 Å². The molecular weight excluding hydrogens is 262 g/mol. The molecule has 2 aromatic rings. The Balaban J connectivity index is 2.90. The van der Waals surface area contributed by atoms with Crippen LogP contribution in [-0.4, -0.2) is 22.1 Å². The lowest BCUT2D eigenvalue weighted by Crippen LogP contribution is -2.08. The molecule has 0 bridgehead atoms. The highest BCUT2D eigenvalue weighted by Gasteiger charge is 2.08. The Labute approximate surface area is 93.6 Å². The van der Waals surface area contributed by atoms with Crippen LogP contribution >= 0.6 is 15.9 Å². The van der Waals surface area contributed by atoms with E-state index in [2.05, 4.69) is 30.9 Å². The van der Waals surface area contributed by atoms with Crippen molar-refractivity contribution in [3.05, 3.63) is 26.7 Å². The quantitative estimate of drug-likeness (QED) is 0.850. The summed E-state index contributed by atoms with van der Waals surface area (Å²) in [4.78, 5) is 22.2. The Morgan fingerprint density at radius 2 is 2.20 bits per heavy atom. The number of rotatable bonds is 1. The number of hydrogen-bond donors (Lipinski definition) is 1. The van der Waals surface area contributed by atoms with Crippen molar-refractivity contribution in [2.45, 2.75) is 6.92 Å². The molecule has 1 N–H and O–H groups in total. The molecule has 15 heavy (non-hydrogen) atoms. The second kappa shape index (κ2) is 3.62. The van der Waals surface area contributed by atoms with Gasteiger partial charge in [0, 0.05) is 0 Å². The summed E-state index contributed by atoms with van der Waals surface area (Å²) in [6.07, 6.45) is 0. The first-order valence-corrected chi connectivity index (χ1v) is 5.02. The van der Waals surface area contributed by atoms with Crippen LogP contribution in [0.1, 0.15) is 5.82 Å². The van der Waals surface area contributed by atoms with Crippen LogP contribution in [0.25, 0.3) is 11.0 Å². The summed E-state index contributed by atoms with van der Waals surface area (Å²) < 4.78 is 5.54. The number of H-pyrrole nitrogens is 1. The highest BCUT2D eigenvalue weighted by molar-refractivity contribution is 9.10. The first-order chi connectivity index (χ1) is 7.11. The molecule has 0 fully saturated rings. The minimum absolute atomic E-state index is 0.220. The predicted octanol–water partition coefficient (Wildman–Crippen LogP) is 1.40. The van der Waals surface area contributed by atoms with Crippen LogP contribution in [-0.2, 0) is 0 Å². The number of aromatic amines is 1. The van der Waals surface area contributed by atoms with Crippen molar-refractivity contribution >= 4 is 27.0 Å². The zero-order valence-corrected chi connectivity index (χ0v) is 9.75. The van der Waals surface area contributed by atoms with Crippen molar-refractivity contribution in [3.8, 4) is 5.88 Å². The van der Waals surface area contributed by atoms with Gasteiger partial charge in [0.25, 0.3) is 5.56 Å². The molecular formula is C9H8BrN3O2. The second-order valence-electron chi connectivity index (χ2n) is 2.99. The summed E-state index contributed by atoms with van der Waals surface area (Å²) in [5, 5.41) is 0.676. The topological polar surface area (TPSA) is 67.9 Å². The van der Waals surface area contributed by atoms with E-state index in [0.717, 1.165) is 0 Å². The molecule has 2 rings (SSSR count). The Kier molecular flexibility index (Phi) is 2.44. The van der Waals surface area contributed by atoms with Gasteiger partial charge in [-0.15, -0.1) is 0 Å². The van der Waals surface area contributed by atoms with E-state index in [9.17, 15) is 4.79 Å². The third-order valence-electron chi connectivity index (χ3n) is 1.94. The Morgan fingerprint density at radius 3 is 2.87 bits per heavy atom. The Bertz CT molecular complexity index is 579. The fourth-order valence-electron chi connectivity index (χ4n) is 1.30.